The van der Waals surface area contributed by atoms with Crippen molar-refractivity contribution in [3.8, 4) is 0 Å². The first kappa shape index (κ1) is 8.36. The first-order valence-corrected chi connectivity index (χ1v) is 4.25. The average Bonchev–Trinajstić information content (AvgIpc) is 2.39. The molecular formula is C7H10N2OS. The molecule has 0 saturated heterocycles. The van der Waals surface area contributed by atoms with E-state index in [-0.39, 0.29) is 11.8 Å². The van der Waals surface area contributed by atoms with Gasteiger partial charge in [0.25, 0.3) is 0 Å². The van der Waals surface area contributed by atoms with Crippen LogP contribution in [0.3, 0.4) is 0 Å². The minimum atomic E-state index is -0.376. The molecule has 0 aromatic carbocycles. The molecule has 0 bridgehead atoms. The van der Waals surface area contributed by atoms with Crippen LogP contribution in [0.15, 0.2) is 11.6 Å². The minimum absolute atomic E-state index is 0.0416. The summed E-state index contributed by atoms with van der Waals surface area (Å²) in [6.45, 7) is 1.69. The zero-order valence-electron chi connectivity index (χ0n) is 6.28. The topological polar surface area (TPSA) is 56.0 Å². The van der Waals surface area contributed by atoms with Crippen molar-refractivity contribution in [1.29, 1.82) is 0 Å². The van der Waals surface area contributed by atoms with E-state index in [0.29, 0.717) is 6.42 Å². The Morgan fingerprint density at radius 3 is 3.09 bits per heavy atom. The Bertz CT molecular complexity index is 231. The monoisotopic (exact) mass is 170 g/mol. The number of hydrogen-bond acceptors (Lipinski definition) is 4. The summed E-state index contributed by atoms with van der Waals surface area (Å²) in [5.41, 5.74) is 5.38. The molecule has 1 aromatic rings. The number of ketones is 1. The SMILES string of the molecule is CC(N)C(=O)Cc1nccs1. The molecule has 60 valence electrons. The molecule has 1 atom stereocenters. The van der Waals surface area contributed by atoms with Gasteiger partial charge in [-0.05, 0) is 6.92 Å². The van der Waals surface area contributed by atoms with Gasteiger partial charge in [-0.3, -0.25) is 4.79 Å². The third kappa shape index (κ3) is 2.40. The summed E-state index contributed by atoms with van der Waals surface area (Å²) in [6.07, 6.45) is 2.06. The highest BCUT2D eigenvalue weighted by Crippen LogP contribution is 2.05. The smallest absolute Gasteiger partial charge is 0.156 e. The van der Waals surface area contributed by atoms with Crippen molar-refractivity contribution in [3.05, 3.63) is 16.6 Å². The van der Waals surface area contributed by atoms with Gasteiger partial charge in [0, 0.05) is 11.6 Å². The Labute approximate surface area is 69.3 Å². The summed E-state index contributed by atoms with van der Waals surface area (Å²) in [6, 6.07) is -0.376. The lowest BCUT2D eigenvalue weighted by atomic mass is 10.2. The molecule has 0 aliphatic rings. The third-order valence-corrected chi connectivity index (χ3v) is 2.10. The normalized spacial score (nSPS) is 12.9. The Balaban J connectivity index is 2.50. The molecule has 1 unspecified atom stereocenters. The molecule has 0 aliphatic carbocycles. The van der Waals surface area contributed by atoms with Crippen molar-refractivity contribution in [1.82, 2.24) is 4.98 Å². The molecule has 2 N–H and O–H groups in total. The van der Waals surface area contributed by atoms with Gasteiger partial charge in [0.2, 0.25) is 0 Å². The van der Waals surface area contributed by atoms with Gasteiger partial charge in [0.1, 0.15) is 0 Å². The number of thiazole rings is 1. The average molecular weight is 170 g/mol. The van der Waals surface area contributed by atoms with Gasteiger partial charge < -0.3 is 5.73 Å². The lowest BCUT2D eigenvalue weighted by Gasteiger charge is -1.99. The van der Waals surface area contributed by atoms with Crippen molar-refractivity contribution in [2.75, 3.05) is 0 Å². The molecule has 4 heteroatoms. The summed E-state index contributed by atoms with van der Waals surface area (Å²) in [5.74, 6) is 0.0416. The Kier molecular flexibility index (Phi) is 2.73. The summed E-state index contributed by atoms with van der Waals surface area (Å²) in [5, 5.41) is 2.69. The predicted molar refractivity (Wildman–Crippen MR) is 44.5 cm³/mol. The second-order valence-corrected chi connectivity index (χ2v) is 3.34. The molecule has 11 heavy (non-hydrogen) atoms. The summed E-state index contributed by atoms with van der Waals surface area (Å²) in [4.78, 5) is 15.0. The minimum Gasteiger partial charge on any atom is -0.322 e. The van der Waals surface area contributed by atoms with Crippen LogP contribution in [0.5, 0.6) is 0 Å². The van der Waals surface area contributed by atoms with Crippen LogP contribution in [-0.2, 0) is 11.2 Å². The largest absolute Gasteiger partial charge is 0.322 e. The third-order valence-electron chi connectivity index (χ3n) is 1.32. The van der Waals surface area contributed by atoms with Gasteiger partial charge in [-0.25, -0.2) is 4.98 Å². The Morgan fingerprint density at radius 1 is 1.91 bits per heavy atom. The highest BCUT2D eigenvalue weighted by atomic mass is 32.1. The van der Waals surface area contributed by atoms with E-state index in [1.807, 2.05) is 5.38 Å². The molecule has 1 heterocycles. The number of hydrogen-bond donors (Lipinski definition) is 1. The van der Waals surface area contributed by atoms with E-state index in [1.54, 1.807) is 13.1 Å². The van der Waals surface area contributed by atoms with Crippen LogP contribution in [0.4, 0.5) is 0 Å². The highest BCUT2D eigenvalue weighted by molar-refractivity contribution is 7.09. The van der Waals surface area contributed by atoms with E-state index in [2.05, 4.69) is 4.98 Å². The molecule has 1 rings (SSSR count). The predicted octanol–water partition coefficient (Wildman–Crippen LogP) is 0.602. The van der Waals surface area contributed by atoms with Gasteiger partial charge >= 0.3 is 0 Å². The van der Waals surface area contributed by atoms with Gasteiger partial charge in [0.15, 0.2) is 5.78 Å². The quantitative estimate of drug-likeness (QED) is 0.722. The van der Waals surface area contributed by atoms with Crippen LogP contribution in [0.2, 0.25) is 0 Å². The van der Waals surface area contributed by atoms with Gasteiger partial charge in [-0.15, -0.1) is 11.3 Å². The molecular weight excluding hydrogens is 160 g/mol. The van der Waals surface area contributed by atoms with E-state index in [9.17, 15) is 4.79 Å². The molecule has 0 aliphatic heterocycles. The first-order valence-electron chi connectivity index (χ1n) is 3.37. The summed E-state index contributed by atoms with van der Waals surface area (Å²) in [7, 11) is 0. The van der Waals surface area contributed by atoms with Crippen LogP contribution in [0.25, 0.3) is 0 Å². The Morgan fingerprint density at radius 2 is 2.64 bits per heavy atom. The maximum absolute atomic E-state index is 11.1. The van der Waals surface area contributed by atoms with Crippen LogP contribution < -0.4 is 5.73 Å². The molecule has 1 aromatic heterocycles. The summed E-state index contributed by atoms with van der Waals surface area (Å²) >= 11 is 1.48. The van der Waals surface area contributed by atoms with Gasteiger partial charge in [-0.2, -0.15) is 0 Å². The lowest BCUT2D eigenvalue weighted by molar-refractivity contribution is -0.119. The van der Waals surface area contributed by atoms with E-state index < -0.39 is 0 Å². The maximum Gasteiger partial charge on any atom is 0.156 e. The second kappa shape index (κ2) is 3.59. The number of nitrogens with two attached hydrogens (primary N) is 1. The number of nitrogens with zero attached hydrogens (tertiary/aromatic N) is 1. The van der Waals surface area contributed by atoms with E-state index in [1.165, 1.54) is 11.3 Å². The zero-order chi connectivity index (χ0) is 8.27. The fraction of sp³-hybridized carbons (Fsp3) is 0.429. The molecule has 3 nitrogen and oxygen atoms in total. The fourth-order valence-electron chi connectivity index (χ4n) is 0.650. The van der Waals surface area contributed by atoms with Crippen LogP contribution in [-0.4, -0.2) is 16.8 Å². The zero-order valence-corrected chi connectivity index (χ0v) is 7.10. The lowest BCUT2D eigenvalue weighted by Crippen LogP contribution is -2.27. The molecule has 0 amide bonds. The van der Waals surface area contributed by atoms with Crippen LogP contribution >= 0.6 is 11.3 Å². The van der Waals surface area contributed by atoms with Crippen molar-refractivity contribution >= 4 is 17.1 Å². The second-order valence-electron chi connectivity index (χ2n) is 2.36. The number of rotatable bonds is 3. The standard InChI is InChI=1S/C7H10N2OS/c1-5(8)6(10)4-7-9-2-3-11-7/h2-3,5H,4,8H2,1H3. The van der Waals surface area contributed by atoms with Crippen LogP contribution in [0, 0.1) is 0 Å². The molecule has 0 saturated carbocycles. The van der Waals surface area contributed by atoms with Crippen molar-refractivity contribution < 1.29 is 4.79 Å². The van der Waals surface area contributed by atoms with Crippen molar-refractivity contribution in [3.63, 3.8) is 0 Å². The maximum atomic E-state index is 11.1. The molecule has 0 radical (unpaired) electrons. The van der Waals surface area contributed by atoms with E-state index in [4.69, 9.17) is 5.73 Å². The number of carbonyl (C=O) groups is 1. The van der Waals surface area contributed by atoms with Crippen LogP contribution in [0.1, 0.15) is 11.9 Å². The van der Waals surface area contributed by atoms with Crippen molar-refractivity contribution in [2.24, 2.45) is 5.73 Å². The number of Topliss-reactive ketones (excluding diaryl/α,β-unsaturated/α-hetero) is 1. The van der Waals surface area contributed by atoms with Gasteiger partial charge in [-0.1, -0.05) is 0 Å². The number of carbonyl (C=O) groups excluding carboxylic acids is 1. The van der Waals surface area contributed by atoms with E-state index >= 15 is 0 Å². The summed E-state index contributed by atoms with van der Waals surface area (Å²) < 4.78 is 0. The fourth-order valence-corrected chi connectivity index (χ4v) is 1.28. The highest BCUT2D eigenvalue weighted by Gasteiger charge is 2.09. The number of aromatic nitrogens is 1. The van der Waals surface area contributed by atoms with E-state index in [0.717, 1.165) is 5.01 Å². The first-order chi connectivity index (χ1) is 5.20. The molecule has 0 spiro atoms. The van der Waals surface area contributed by atoms with Crippen molar-refractivity contribution in [2.45, 2.75) is 19.4 Å². The van der Waals surface area contributed by atoms with Gasteiger partial charge in [0.05, 0.1) is 17.5 Å². The Hall–Kier alpha value is -0.740. The molecule has 0 fully saturated rings.